The van der Waals surface area contributed by atoms with E-state index in [1.54, 1.807) is 0 Å². The van der Waals surface area contributed by atoms with Crippen molar-refractivity contribution in [3.05, 3.63) is 0 Å². The first kappa shape index (κ1) is 14.0. The summed E-state index contributed by atoms with van der Waals surface area (Å²) < 4.78 is 0. The molecule has 0 aromatic heterocycles. The monoisotopic (exact) mass is 226 g/mol. The van der Waals surface area contributed by atoms with Crippen molar-refractivity contribution in [1.29, 1.82) is 0 Å². The van der Waals surface area contributed by atoms with Crippen molar-refractivity contribution < 1.29 is 0 Å². The molecule has 0 radical (unpaired) electrons. The Labute approximate surface area is 102 Å². The van der Waals surface area contributed by atoms with Crippen LogP contribution in [0.3, 0.4) is 0 Å². The van der Waals surface area contributed by atoms with Gasteiger partial charge in [0.15, 0.2) is 0 Å². The first-order valence-corrected chi connectivity index (χ1v) is 7.20. The van der Waals surface area contributed by atoms with Crippen LogP contribution in [0.15, 0.2) is 0 Å². The average Bonchev–Trinajstić information content (AvgIpc) is 2.49. The third-order valence-corrected chi connectivity index (χ3v) is 3.76. The number of likely N-dealkylation sites (tertiary alicyclic amines) is 1. The highest BCUT2D eigenvalue weighted by atomic mass is 15.1. The molecule has 0 spiro atoms. The Balaban J connectivity index is 1.95. The van der Waals surface area contributed by atoms with Gasteiger partial charge in [-0.25, -0.2) is 0 Å². The van der Waals surface area contributed by atoms with Crippen molar-refractivity contribution in [2.45, 2.75) is 51.9 Å². The van der Waals surface area contributed by atoms with Crippen molar-refractivity contribution in [1.82, 2.24) is 10.2 Å². The molecule has 1 fully saturated rings. The second-order valence-electron chi connectivity index (χ2n) is 5.40. The smallest absolute Gasteiger partial charge is 0.00162 e. The van der Waals surface area contributed by atoms with Gasteiger partial charge < -0.3 is 10.2 Å². The quantitative estimate of drug-likeness (QED) is 0.672. The third kappa shape index (κ3) is 6.49. The molecule has 1 rings (SSSR count). The standard InChI is InChI=1S/C14H30N2/c1-14-8-7-12-16(13-9-14)11-6-4-3-5-10-15-2/h14-15H,3-13H2,1-2H3. The minimum atomic E-state index is 0.959. The molecule has 2 heteroatoms. The summed E-state index contributed by atoms with van der Waals surface area (Å²) in [4.78, 5) is 2.68. The Bertz CT molecular complexity index is 159. The molecule has 0 aromatic carbocycles. The summed E-state index contributed by atoms with van der Waals surface area (Å²) in [6.07, 6.45) is 9.82. The molecule has 1 aliphatic heterocycles. The molecule has 1 aliphatic rings. The van der Waals surface area contributed by atoms with Crippen LogP contribution in [0.2, 0.25) is 0 Å². The number of hydrogen-bond donors (Lipinski definition) is 1. The second-order valence-corrected chi connectivity index (χ2v) is 5.40. The van der Waals surface area contributed by atoms with Crippen molar-refractivity contribution in [3.8, 4) is 0 Å². The third-order valence-electron chi connectivity index (χ3n) is 3.76. The molecular formula is C14H30N2. The molecule has 0 saturated carbocycles. The van der Waals surface area contributed by atoms with Gasteiger partial charge in [0, 0.05) is 0 Å². The number of nitrogens with zero attached hydrogens (tertiary/aromatic N) is 1. The largest absolute Gasteiger partial charge is 0.320 e. The summed E-state index contributed by atoms with van der Waals surface area (Å²) in [6.45, 7) is 7.62. The predicted molar refractivity (Wildman–Crippen MR) is 71.8 cm³/mol. The van der Waals surface area contributed by atoms with E-state index in [0.717, 1.165) is 5.92 Å². The van der Waals surface area contributed by atoms with Crippen LogP contribution in [0.4, 0.5) is 0 Å². The van der Waals surface area contributed by atoms with E-state index in [4.69, 9.17) is 0 Å². The summed E-state index contributed by atoms with van der Waals surface area (Å²) in [5.41, 5.74) is 0. The lowest BCUT2D eigenvalue weighted by molar-refractivity contribution is 0.274. The van der Waals surface area contributed by atoms with Crippen molar-refractivity contribution in [2.75, 3.05) is 33.2 Å². The Kier molecular flexibility index (Phi) is 7.87. The molecular weight excluding hydrogens is 196 g/mol. The van der Waals surface area contributed by atoms with E-state index in [9.17, 15) is 0 Å². The highest BCUT2D eigenvalue weighted by Crippen LogP contribution is 2.16. The Morgan fingerprint density at radius 3 is 2.69 bits per heavy atom. The van der Waals surface area contributed by atoms with Crippen LogP contribution in [0.1, 0.15) is 51.9 Å². The van der Waals surface area contributed by atoms with Crippen LogP contribution in [-0.4, -0.2) is 38.1 Å². The Hall–Kier alpha value is -0.0800. The van der Waals surface area contributed by atoms with Crippen LogP contribution in [0.25, 0.3) is 0 Å². The first-order chi connectivity index (χ1) is 7.83. The fourth-order valence-corrected chi connectivity index (χ4v) is 2.54. The fraction of sp³-hybridized carbons (Fsp3) is 1.00. The first-order valence-electron chi connectivity index (χ1n) is 7.20. The maximum Gasteiger partial charge on any atom is -0.00162 e. The molecule has 1 N–H and O–H groups in total. The van der Waals surface area contributed by atoms with Gasteiger partial charge in [-0.2, -0.15) is 0 Å². The summed E-state index contributed by atoms with van der Waals surface area (Å²) in [5, 5.41) is 3.21. The second kappa shape index (κ2) is 9.00. The Morgan fingerprint density at radius 2 is 1.88 bits per heavy atom. The van der Waals surface area contributed by atoms with E-state index in [1.165, 1.54) is 71.1 Å². The molecule has 0 aliphatic carbocycles. The number of unbranched alkanes of at least 4 members (excludes halogenated alkanes) is 3. The van der Waals surface area contributed by atoms with Crippen LogP contribution in [0, 0.1) is 5.92 Å². The maximum absolute atomic E-state index is 3.21. The lowest BCUT2D eigenvalue weighted by Gasteiger charge is -2.19. The van der Waals surface area contributed by atoms with Crippen molar-refractivity contribution >= 4 is 0 Å². The van der Waals surface area contributed by atoms with Crippen molar-refractivity contribution in [3.63, 3.8) is 0 Å². The van der Waals surface area contributed by atoms with Gasteiger partial charge >= 0.3 is 0 Å². The highest BCUT2D eigenvalue weighted by Gasteiger charge is 2.12. The fourth-order valence-electron chi connectivity index (χ4n) is 2.54. The van der Waals surface area contributed by atoms with Crippen LogP contribution >= 0.6 is 0 Å². The number of hydrogen-bond acceptors (Lipinski definition) is 2. The normalized spacial score (nSPS) is 23.2. The molecule has 1 unspecified atom stereocenters. The van der Waals surface area contributed by atoms with Gasteiger partial charge in [0.25, 0.3) is 0 Å². The molecule has 0 bridgehead atoms. The van der Waals surface area contributed by atoms with E-state index in [1.807, 2.05) is 7.05 Å². The van der Waals surface area contributed by atoms with Gasteiger partial charge in [0.1, 0.15) is 0 Å². The van der Waals surface area contributed by atoms with E-state index in [0.29, 0.717) is 0 Å². The van der Waals surface area contributed by atoms with Gasteiger partial charge in [-0.05, 0) is 71.2 Å². The molecule has 1 heterocycles. The van der Waals surface area contributed by atoms with Gasteiger partial charge in [0.2, 0.25) is 0 Å². The van der Waals surface area contributed by atoms with Crippen LogP contribution < -0.4 is 5.32 Å². The topological polar surface area (TPSA) is 15.3 Å². The zero-order valence-corrected chi connectivity index (χ0v) is 11.3. The van der Waals surface area contributed by atoms with Crippen LogP contribution in [-0.2, 0) is 0 Å². The van der Waals surface area contributed by atoms with Gasteiger partial charge in [0.05, 0.1) is 0 Å². The molecule has 0 aromatic rings. The predicted octanol–water partition coefficient (Wildman–Crippen LogP) is 2.89. The Morgan fingerprint density at radius 1 is 1.06 bits per heavy atom. The summed E-state index contributed by atoms with van der Waals surface area (Å²) >= 11 is 0. The minimum absolute atomic E-state index is 0.959. The van der Waals surface area contributed by atoms with Gasteiger partial charge in [-0.1, -0.05) is 19.8 Å². The number of nitrogens with one attached hydrogen (secondary N) is 1. The molecule has 1 atom stereocenters. The molecule has 2 nitrogen and oxygen atoms in total. The number of rotatable bonds is 7. The zero-order valence-electron chi connectivity index (χ0n) is 11.3. The average molecular weight is 226 g/mol. The maximum atomic E-state index is 3.21. The zero-order chi connectivity index (χ0) is 11.6. The van der Waals surface area contributed by atoms with E-state index >= 15 is 0 Å². The van der Waals surface area contributed by atoms with E-state index in [2.05, 4.69) is 17.1 Å². The molecule has 96 valence electrons. The molecule has 16 heavy (non-hydrogen) atoms. The summed E-state index contributed by atoms with van der Waals surface area (Å²) in [6, 6.07) is 0. The van der Waals surface area contributed by atoms with Crippen LogP contribution in [0.5, 0.6) is 0 Å². The summed E-state index contributed by atoms with van der Waals surface area (Å²) in [7, 11) is 2.04. The summed E-state index contributed by atoms with van der Waals surface area (Å²) in [5.74, 6) is 0.959. The van der Waals surface area contributed by atoms with E-state index in [-0.39, 0.29) is 0 Å². The molecule has 1 saturated heterocycles. The lowest BCUT2D eigenvalue weighted by atomic mass is 10.0. The lowest BCUT2D eigenvalue weighted by Crippen LogP contribution is -2.25. The van der Waals surface area contributed by atoms with Gasteiger partial charge in [-0.3, -0.25) is 0 Å². The highest BCUT2D eigenvalue weighted by molar-refractivity contribution is 4.67. The molecule has 0 amide bonds. The SMILES string of the molecule is CNCCCCCCN1CCCC(C)CC1. The van der Waals surface area contributed by atoms with Gasteiger partial charge in [-0.15, -0.1) is 0 Å². The van der Waals surface area contributed by atoms with E-state index < -0.39 is 0 Å². The minimum Gasteiger partial charge on any atom is -0.320 e. The van der Waals surface area contributed by atoms with Crippen molar-refractivity contribution in [2.24, 2.45) is 5.92 Å².